The summed E-state index contributed by atoms with van der Waals surface area (Å²) < 4.78 is 0. The molecule has 4 heteroatoms. The van der Waals surface area contributed by atoms with Crippen LogP contribution in [0.5, 0.6) is 0 Å². The van der Waals surface area contributed by atoms with Crippen molar-refractivity contribution in [3.8, 4) is 0 Å². The zero-order chi connectivity index (χ0) is 14.6. The number of carbonyl (C=O) groups excluding carboxylic acids is 2. The van der Waals surface area contributed by atoms with Crippen molar-refractivity contribution in [3.05, 3.63) is 0 Å². The Labute approximate surface area is 116 Å². The van der Waals surface area contributed by atoms with Gasteiger partial charge in [-0.1, -0.05) is 39.0 Å². The lowest BCUT2D eigenvalue weighted by Gasteiger charge is -2.25. The maximum atomic E-state index is 10.3. The van der Waals surface area contributed by atoms with Crippen LogP contribution in [0.3, 0.4) is 0 Å². The topological polar surface area (TPSA) is 58.9 Å². The summed E-state index contributed by atoms with van der Waals surface area (Å²) >= 11 is 0. The Morgan fingerprint density at radius 1 is 0.947 bits per heavy atom. The molecule has 0 saturated carbocycles. The van der Waals surface area contributed by atoms with E-state index in [-0.39, 0.29) is 5.54 Å². The Balaban J connectivity index is 3.53. The Kier molecular flexibility index (Phi) is 9.97. The minimum Gasteiger partial charge on any atom is -0.211 e. The number of unbranched alkanes of at least 4 members (excludes halogenated alkanes) is 5. The quantitative estimate of drug-likeness (QED) is 0.324. The molecule has 0 aromatic carbocycles. The first-order valence-electron chi connectivity index (χ1n) is 7.17. The lowest BCUT2D eigenvalue weighted by Crippen LogP contribution is -2.26. The summed E-state index contributed by atoms with van der Waals surface area (Å²) in [5.41, 5.74) is -0.297. The summed E-state index contributed by atoms with van der Waals surface area (Å²) in [7, 11) is 0. The van der Waals surface area contributed by atoms with E-state index in [0.29, 0.717) is 12.5 Å². The van der Waals surface area contributed by atoms with Gasteiger partial charge in [0, 0.05) is 0 Å². The van der Waals surface area contributed by atoms with Gasteiger partial charge in [0.2, 0.25) is 12.2 Å². The minimum atomic E-state index is -0.297. The van der Waals surface area contributed by atoms with Crippen LogP contribution in [0.15, 0.2) is 9.98 Å². The second-order valence-corrected chi connectivity index (χ2v) is 5.64. The van der Waals surface area contributed by atoms with Gasteiger partial charge in [0.15, 0.2) is 0 Å². The van der Waals surface area contributed by atoms with Crippen LogP contribution in [-0.2, 0) is 9.59 Å². The third-order valence-electron chi connectivity index (χ3n) is 3.76. The van der Waals surface area contributed by atoms with Gasteiger partial charge in [-0.3, -0.25) is 0 Å². The van der Waals surface area contributed by atoms with E-state index in [2.05, 4.69) is 16.9 Å². The summed E-state index contributed by atoms with van der Waals surface area (Å²) in [4.78, 5) is 27.6. The van der Waals surface area contributed by atoms with E-state index in [1.54, 1.807) is 12.2 Å². The zero-order valence-corrected chi connectivity index (χ0v) is 12.4. The first-order valence-corrected chi connectivity index (χ1v) is 7.17. The summed E-state index contributed by atoms with van der Waals surface area (Å²) in [6.07, 6.45) is 11.2. The molecule has 0 aliphatic heterocycles. The fraction of sp³-hybridized carbons (Fsp3) is 0.867. The largest absolute Gasteiger partial charge is 0.235 e. The maximum absolute atomic E-state index is 10.3. The van der Waals surface area contributed by atoms with Gasteiger partial charge in [-0.25, -0.2) is 14.6 Å². The van der Waals surface area contributed by atoms with Crippen molar-refractivity contribution in [3.63, 3.8) is 0 Å². The van der Waals surface area contributed by atoms with Crippen molar-refractivity contribution in [1.82, 2.24) is 0 Å². The van der Waals surface area contributed by atoms with E-state index in [1.165, 1.54) is 25.7 Å². The van der Waals surface area contributed by atoms with Crippen LogP contribution in [0, 0.1) is 5.92 Å². The second kappa shape index (κ2) is 10.7. The number of aliphatic imine (C=N–C) groups is 2. The smallest absolute Gasteiger partial charge is 0.211 e. The van der Waals surface area contributed by atoms with Gasteiger partial charge in [-0.15, -0.1) is 0 Å². The molecule has 0 radical (unpaired) electrons. The van der Waals surface area contributed by atoms with Gasteiger partial charge in [-0.05, 0) is 32.6 Å². The van der Waals surface area contributed by atoms with Gasteiger partial charge < -0.3 is 0 Å². The van der Waals surface area contributed by atoms with Crippen LogP contribution < -0.4 is 0 Å². The molecule has 0 saturated heterocycles. The highest BCUT2D eigenvalue weighted by molar-refractivity contribution is 5.34. The van der Waals surface area contributed by atoms with Crippen LogP contribution in [0.1, 0.15) is 65.7 Å². The van der Waals surface area contributed by atoms with E-state index in [0.717, 1.165) is 19.3 Å². The molecule has 108 valence electrons. The van der Waals surface area contributed by atoms with Crippen molar-refractivity contribution >= 4 is 12.2 Å². The summed E-state index contributed by atoms with van der Waals surface area (Å²) in [6, 6.07) is 0. The van der Waals surface area contributed by atoms with Gasteiger partial charge in [0.1, 0.15) is 0 Å². The van der Waals surface area contributed by atoms with Crippen LogP contribution in [-0.4, -0.2) is 24.2 Å². The molecule has 0 amide bonds. The molecule has 0 fully saturated rings. The summed E-state index contributed by atoms with van der Waals surface area (Å²) in [6.45, 7) is 6.71. The molecule has 0 rings (SSSR count). The average molecular weight is 266 g/mol. The number of nitrogens with zero attached hydrogens (tertiary/aromatic N) is 2. The third-order valence-corrected chi connectivity index (χ3v) is 3.76. The number of hydrogen-bond donors (Lipinski definition) is 0. The molecule has 0 spiro atoms. The SMILES string of the molecule is CC(CCCCCCCCN=C=O)C(C)(C)N=C=O. The van der Waals surface area contributed by atoms with E-state index in [9.17, 15) is 9.59 Å². The molecule has 0 heterocycles. The monoisotopic (exact) mass is 266 g/mol. The van der Waals surface area contributed by atoms with Gasteiger partial charge in [0.25, 0.3) is 0 Å². The molecule has 0 bridgehead atoms. The average Bonchev–Trinajstić information content (AvgIpc) is 2.36. The van der Waals surface area contributed by atoms with E-state index in [1.807, 2.05) is 13.8 Å². The molecule has 4 nitrogen and oxygen atoms in total. The fourth-order valence-electron chi connectivity index (χ4n) is 1.98. The standard InChI is InChI=1S/C15H26N2O2/c1-14(15(2,3)17-13-19)10-8-6-4-5-7-9-11-16-12-18/h14H,4-11H2,1-3H3. The molecule has 0 N–H and O–H groups in total. The fourth-order valence-corrected chi connectivity index (χ4v) is 1.98. The molecule has 0 aromatic heterocycles. The van der Waals surface area contributed by atoms with E-state index >= 15 is 0 Å². The van der Waals surface area contributed by atoms with Crippen molar-refractivity contribution < 1.29 is 9.59 Å². The highest BCUT2D eigenvalue weighted by Crippen LogP contribution is 2.25. The normalized spacial score (nSPS) is 12.4. The van der Waals surface area contributed by atoms with E-state index < -0.39 is 0 Å². The van der Waals surface area contributed by atoms with Crippen LogP contribution in [0.2, 0.25) is 0 Å². The lowest BCUT2D eigenvalue weighted by molar-refractivity contribution is 0.317. The van der Waals surface area contributed by atoms with Gasteiger partial charge >= 0.3 is 0 Å². The van der Waals surface area contributed by atoms with Crippen molar-refractivity contribution in [2.75, 3.05) is 6.54 Å². The molecule has 0 aromatic rings. The number of rotatable bonds is 11. The van der Waals surface area contributed by atoms with Crippen LogP contribution in [0.4, 0.5) is 0 Å². The summed E-state index contributed by atoms with van der Waals surface area (Å²) in [5, 5.41) is 0. The zero-order valence-electron chi connectivity index (χ0n) is 12.4. The minimum absolute atomic E-state index is 0.297. The van der Waals surface area contributed by atoms with Crippen LogP contribution in [0.25, 0.3) is 0 Å². The highest BCUT2D eigenvalue weighted by Gasteiger charge is 2.24. The Morgan fingerprint density at radius 2 is 1.53 bits per heavy atom. The molecule has 0 aliphatic rings. The predicted molar refractivity (Wildman–Crippen MR) is 76.7 cm³/mol. The first-order chi connectivity index (χ1) is 9.04. The number of isocyanates is 2. The molecule has 19 heavy (non-hydrogen) atoms. The van der Waals surface area contributed by atoms with Crippen LogP contribution >= 0.6 is 0 Å². The summed E-state index contributed by atoms with van der Waals surface area (Å²) in [5.74, 6) is 0.399. The van der Waals surface area contributed by atoms with E-state index in [4.69, 9.17) is 0 Å². The second-order valence-electron chi connectivity index (χ2n) is 5.64. The lowest BCUT2D eigenvalue weighted by atomic mass is 9.85. The van der Waals surface area contributed by atoms with Gasteiger partial charge in [0.05, 0.1) is 12.1 Å². The maximum Gasteiger partial charge on any atom is 0.235 e. The van der Waals surface area contributed by atoms with Gasteiger partial charge in [-0.2, -0.15) is 4.99 Å². The molecular weight excluding hydrogens is 240 g/mol. The number of hydrogen-bond acceptors (Lipinski definition) is 4. The molecular formula is C15H26N2O2. The van der Waals surface area contributed by atoms with Crippen molar-refractivity contribution in [2.24, 2.45) is 15.9 Å². The Bertz CT molecular complexity index is 327. The molecule has 1 unspecified atom stereocenters. The first kappa shape index (κ1) is 17.8. The molecule has 1 atom stereocenters. The predicted octanol–water partition coefficient (Wildman–Crippen LogP) is 3.80. The third kappa shape index (κ3) is 9.35. The Morgan fingerprint density at radius 3 is 2.11 bits per heavy atom. The Hall–Kier alpha value is -1.24. The molecule has 0 aliphatic carbocycles. The van der Waals surface area contributed by atoms with Crippen molar-refractivity contribution in [2.45, 2.75) is 71.3 Å². The van der Waals surface area contributed by atoms with Crippen molar-refractivity contribution in [1.29, 1.82) is 0 Å². The highest BCUT2D eigenvalue weighted by atomic mass is 16.1.